The highest BCUT2D eigenvalue weighted by Gasteiger charge is 2.20. The average molecular weight is 290 g/mol. The van der Waals surface area contributed by atoms with Crippen LogP contribution in [0.3, 0.4) is 0 Å². The van der Waals surface area contributed by atoms with Gasteiger partial charge in [-0.2, -0.15) is 0 Å². The van der Waals surface area contributed by atoms with Crippen LogP contribution in [-0.4, -0.2) is 29.5 Å². The van der Waals surface area contributed by atoms with E-state index in [1.165, 1.54) is 6.42 Å². The minimum absolute atomic E-state index is 0.0526. The SMILES string of the molecule is C[C@H]1CCC[C@H](NC(=O)NCC(=O)Nc2cccnc2)C1. The number of aromatic nitrogens is 1. The molecule has 0 aromatic carbocycles. The van der Waals surface area contributed by atoms with Crippen LogP contribution in [0.4, 0.5) is 10.5 Å². The molecule has 1 aromatic rings. The highest BCUT2D eigenvalue weighted by Crippen LogP contribution is 2.23. The lowest BCUT2D eigenvalue weighted by molar-refractivity contribution is -0.115. The van der Waals surface area contributed by atoms with E-state index in [2.05, 4.69) is 27.9 Å². The molecule has 0 unspecified atom stereocenters. The van der Waals surface area contributed by atoms with Crippen molar-refractivity contribution in [1.82, 2.24) is 15.6 Å². The van der Waals surface area contributed by atoms with Gasteiger partial charge in [0.1, 0.15) is 0 Å². The summed E-state index contributed by atoms with van der Waals surface area (Å²) >= 11 is 0. The largest absolute Gasteiger partial charge is 0.335 e. The van der Waals surface area contributed by atoms with Gasteiger partial charge in [0.2, 0.25) is 5.91 Å². The van der Waals surface area contributed by atoms with Gasteiger partial charge in [-0.3, -0.25) is 9.78 Å². The lowest BCUT2D eigenvalue weighted by Crippen LogP contribution is -2.46. The number of urea groups is 1. The van der Waals surface area contributed by atoms with E-state index in [1.807, 2.05) is 0 Å². The van der Waals surface area contributed by atoms with E-state index >= 15 is 0 Å². The summed E-state index contributed by atoms with van der Waals surface area (Å²) in [5.41, 5.74) is 0.616. The number of nitrogens with one attached hydrogen (secondary N) is 3. The van der Waals surface area contributed by atoms with Crippen molar-refractivity contribution in [2.24, 2.45) is 5.92 Å². The zero-order chi connectivity index (χ0) is 15.1. The van der Waals surface area contributed by atoms with Gasteiger partial charge < -0.3 is 16.0 Å². The Morgan fingerprint density at radius 3 is 2.95 bits per heavy atom. The highest BCUT2D eigenvalue weighted by atomic mass is 16.2. The number of carbonyl (C=O) groups is 2. The smallest absolute Gasteiger partial charge is 0.315 e. The van der Waals surface area contributed by atoms with Gasteiger partial charge in [-0.25, -0.2) is 4.79 Å². The van der Waals surface area contributed by atoms with Crippen LogP contribution >= 0.6 is 0 Å². The van der Waals surface area contributed by atoms with Crippen LogP contribution < -0.4 is 16.0 Å². The third-order valence-corrected chi connectivity index (χ3v) is 3.63. The van der Waals surface area contributed by atoms with Crippen molar-refractivity contribution >= 4 is 17.6 Å². The molecule has 2 rings (SSSR count). The molecule has 2 atom stereocenters. The van der Waals surface area contributed by atoms with Crippen molar-refractivity contribution in [3.63, 3.8) is 0 Å². The predicted octanol–water partition coefficient (Wildman–Crippen LogP) is 1.90. The normalized spacial score (nSPS) is 21.4. The van der Waals surface area contributed by atoms with Crippen LogP contribution in [0.2, 0.25) is 0 Å². The number of nitrogens with zero attached hydrogens (tertiary/aromatic N) is 1. The summed E-state index contributed by atoms with van der Waals surface area (Å²) in [7, 11) is 0. The van der Waals surface area contributed by atoms with Crippen LogP contribution in [0.25, 0.3) is 0 Å². The Balaban J connectivity index is 1.67. The van der Waals surface area contributed by atoms with E-state index in [0.29, 0.717) is 11.6 Å². The molecule has 0 saturated heterocycles. The van der Waals surface area contributed by atoms with Crippen LogP contribution in [0.5, 0.6) is 0 Å². The van der Waals surface area contributed by atoms with E-state index in [9.17, 15) is 9.59 Å². The molecule has 1 aromatic heterocycles. The first-order valence-electron chi connectivity index (χ1n) is 7.37. The maximum atomic E-state index is 11.8. The summed E-state index contributed by atoms with van der Waals surface area (Å²) in [5, 5.41) is 8.17. The van der Waals surface area contributed by atoms with E-state index in [4.69, 9.17) is 0 Å². The number of pyridine rings is 1. The Labute approximate surface area is 124 Å². The summed E-state index contributed by atoms with van der Waals surface area (Å²) in [6.07, 6.45) is 7.59. The molecule has 3 N–H and O–H groups in total. The Kier molecular flexibility index (Phi) is 5.54. The maximum Gasteiger partial charge on any atom is 0.315 e. The fourth-order valence-electron chi connectivity index (χ4n) is 2.60. The molecule has 21 heavy (non-hydrogen) atoms. The number of carbonyl (C=O) groups excluding carboxylic acids is 2. The van der Waals surface area contributed by atoms with Gasteiger partial charge >= 0.3 is 6.03 Å². The van der Waals surface area contributed by atoms with Crippen molar-refractivity contribution in [3.05, 3.63) is 24.5 Å². The van der Waals surface area contributed by atoms with E-state index < -0.39 is 0 Å². The molecule has 0 spiro atoms. The molecule has 0 bridgehead atoms. The van der Waals surface area contributed by atoms with Crippen LogP contribution in [-0.2, 0) is 4.79 Å². The average Bonchev–Trinajstić information content (AvgIpc) is 2.46. The second-order valence-corrected chi connectivity index (χ2v) is 5.59. The Hall–Kier alpha value is -2.11. The summed E-state index contributed by atoms with van der Waals surface area (Å²) < 4.78 is 0. The highest BCUT2D eigenvalue weighted by molar-refractivity contribution is 5.94. The lowest BCUT2D eigenvalue weighted by atomic mass is 9.87. The van der Waals surface area contributed by atoms with Crippen molar-refractivity contribution < 1.29 is 9.59 Å². The van der Waals surface area contributed by atoms with E-state index in [0.717, 1.165) is 19.3 Å². The van der Waals surface area contributed by atoms with Crippen molar-refractivity contribution in [2.45, 2.75) is 38.6 Å². The third-order valence-electron chi connectivity index (χ3n) is 3.63. The van der Waals surface area contributed by atoms with Crippen LogP contribution in [0.1, 0.15) is 32.6 Å². The summed E-state index contributed by atoms with van der Waals surface area (Å²) in [5.74, 6) is 0.382. The summed E-state index contributed by atoms with van der Waals surface area (Å²) in [4.78, 5) is 27.3. The van der Waals surface area contributed by atoms with Crippen molar-refractivity contribution in [3.8, 4) is 0 Å². The molecule has 114 valence electrons. The summed E-state index contributed by atoms with van der Waals surface area (Å²) in [6.45, 7) is 2.15. The molecular formula is C15H22N4O2. The Morgan fingerprint density at radius 2 is 2.24 bits per heavy atom. The fraction of sp³-hybridized carbons (Fsp3) is 0.533. The van der Waals surface area contributed by atoms with Gasteiger partial charge in [-0.05, 0) is 30.9 Å². The van der Waals surface area contributed by atoms with Crippen LogP contribution in [0.15, 0.2) is 24.5 Å². The van der Waals surface area contributed by atoms with Gasteiger partial charge in [0, 0.05) is 12.2 Å². The number of amides is 3. The number of rotatable bonds is 4. The second-order valence-electron chi connectivity index (χ2n) is 5.59. The fourth-order valence-corrected chi connectivity index (χ4v) is 2.60. The zero-order valence-electron chi connectivity index (χ0n) is 12.3. The van der Waals surface area contributed by atoms with Gasteiger partial charge in [0.05, 0.1) is 18.4 Å². The van der Waals surface area contributed by atoms with Gasteiger partial charge in [-0.1, -0.05) is 19.8 Å². The first kappa shape index (κ1) is 15.3. The monoisotopic (exact) mass is 290 g/mol. The molecule has 0 radical (unpaired) electrons. The molecular weight excluding hydrogens is 268 g/mol. The first-order valence-corrected chi connectivity index (χ1v) is 7.37. The first-order chi connectivity index (χ1) is 10.1. The lowest BCUT2D eigenvalue weighted by Gasteiger charge is -2.27. The Bertz CT molecular complexity index is 478. The number of hydrogen-bond acceptors (Lipinski definition) is 3. The van der Waals surface area contributed by atoms with Crippen molar-refractivity contribution in [2.75, 3.05) is 11.9 Å². The molecule has 1 fully saturated rings. The molecule has 6 heteroatoms. The number of hydrogen-bond donors (Lipinski definition) is 3. The molecule has 6 nitrogen and oxygen atoms in total. The molecule has 1 saturated carbocycles. The molecule has 3 amide bonds. The predicted molar refractivity (Wildman–Crippen MR) is 80.8 cm³/mol. The Morgan fingerprint density at radius 1 is 1.38 bits per heavy atom. The maximum absolute atomic E-state index is 11.8. The van der Waals surface area contributed by atoms with Gasteiger partial charge in [-0.15, -0.1) is 0 Å². The minimum atomic E-state index is -0.282. The number of anilines is 1. The topological polar surface area (TPSA) is 83.1 Å². The van der Waals surface area contributed by atoms with Crippen LogP contribution in [0, 0.1) is 5.92 Å². The van der Waals surface area contributed by atoms with E-state index in [1.54, 1.807) is 24.5 Å². The van der Waals surface area contributed by atoms with Gasteiger partial charge in [0.15, 0.2) is 0 Å². The molecule has 0 aliphatic heterocycles. The quantitative estimate of drug-likeness (QED) is 0.792. The molecule has 1 heterocycles. The standard InChI is InChI=1S/C15H22N4O2/c1-11-4-2-5-12(8-11)19-15(21)17-10-14(20)18-13-6-3-7-16-9-13/h3,6-7,9,11-12H,2,4-5,8,10H2,1H3,(H,18,20)(H2,17,19,21)/t11-,12-/m0/s1. The van der Waals surface area contributed by atoms with Crippen molar-refractivity contribution in [1.29, 1.82) is 0 Å². The summed E-state index contributed by atoms with van der Waals surface area (Å²) in [6, 6.07) is 3.42. The molecule has 1 aliphatic rings. The zero-order valence-corrected chi connectivity index (χ0v) is 12.3. The van der Waals surface area contributed by atoms with E-state index in [-0.39, 0.29) is 24.5 Å². The second kappa shape index (κ2) is 7.61. The minimum Gasteiger partial charge on any atom is -0.335 e. The third kappa shape index (κ3) is 5.41. The van der Waals surface area contributed by atoms with Gasteiger partial charge in [0.25, 0.3) is 0 Å². The molecule has 1 aliphatic carbocycles.